The first-order chi connectivity index (χ1) is 7.75. The van der Waals surface area contributed by atoms with Crippen LogP contribution in [-0.4, -0.2) is 0 Å². The summed E-state index contributed by atoms with van der Waals surface area (Å²) in [6, 6.07) is 16.2. The minimum absolute atomic E-state index is 0.780. The molecule has 0 saturated carbocycles. The summed E-state index contributed by atoms with van der Waals surface area (Å²) in [4.78, 5) is 0. The topological polar surface area (TPSA) is 12.0 Å². The van der Waals surface area contributed by atoms with Gasteiger partial charge in [-0.15, -0.1) is 0 Å². The van der Waals surface area contributed by atoms with E-state index in [0.717, 1.165) is 17.3 Å². The number of halogens is 1. The summed E-state index contributed by atoms with van der Waals surface area (Å²) in [5.41, 5.74) is 3.58. The molecule has 82 valence electrons. The van der Waals surface area contributed by atoms with Crippen molar-refractivity contribution in [2.24, 2.45) is 0 Å². The quantitative estimate of drug-likeness (QED) is 0.832. The smallest absolute Gasteiger partial charge is 0.0410 e. The highest BCUT2D eigenvalue weighted by atomic mass is 35.5. The third-order valence-corrected chi connectivity index (χ3v) is 2.75. The predicted molar refractivity (Wildman–Crippen MR) is 70.0 cm³/mol. The van der Waals surface area contributed by atoms with E-state index in [2.05, 4.69) is 24.4 Å². The van der Waals surface area contributed by atoms with Gasteiger partial charge in [0.1, 0.15) is 0 Å². The lowest BCUT2D eigenvalue weighted by atomic mass is 10.2. The molecule has 0 radical (unpaired) electrons. The Morgan fingerprint density at radius 1 is 1.06 bits per heavy atom. The number of hydrogen-bond donors (Lipinski definition) is 1. The summed E-state index contributed by atoms with van der Waals surface area (Å²) in [6.45, 7) is 2.89. The molecule has 0 heterocycles. The highest BCUT2D eigenvalue weighted by Crippen LogP contribution is 2.20. The second kappa shape index (κ2) is 5.04. The Morgan fingerprint density at radius 2 is 1.81 bits per heavy atom. The van der Waals surface area contributed by atoms with Gasteiger partial charge >= 0.3 is 0 Å². The van der Waals surface area contributed by atoms with Crippen molar-refractivity contribution in [3.63, 3.8) is 0 Å². The van der Waals surface area contributed by atoms with E-state index in [9.17, 15) is 0 Å². The maximum atomic E-state index is 5.91. The van der Waals surface area contributed by atoms with Gasteiger partial charge in [-0.2, -0.15) is 0 Å². The molecular formula is C14H14ClN. The molecule has 16 heavy (non-hydrogen) atoms. The predicted octanol–water partition coefficient (Wildman–Crippen LogP) is 4.26. The van der Waals surface area contributed by atoms with E-state index >= 15 is 0 Å². The number of benzene rings is 2. The van der Waals surface area contributed by atoms with Crippen LogP contribution in [0.5, 0.6) is 0 Å². The number of rotatable bonds is 3. The Morgan fingerprint density at radius 3 is 2.50 bits per heavy atom. The highest BCUT2D eigenvalue weighted by Gasteiger charge is 1.98. The van der Waals surface area contributed by atoms with Crippen LogP contribution in [0.15, 0.2) is 48.5 Å². The molecule has 0 spiro atoms. The van der Waals surface area contributed by atoms with E-state index < -0.39 is 0 Å². The van der Waals surface area contributed by atoms with Gasteiger partial charge in [0.05, 0.1) is 0 Å². The van der Waals surface area contributed by atoms with Gasteiger partial charge in [-0.25, -0.2) is 0 Å². The average molecular weight is 232 g/mol. The monoisotopic (exact) mass is 231 g/mol. The first kappa shape index (κ1) is 11.0. The zero-order valence-corrected chi connectivity index (χ0v) is 9.96. The number of nitrogens with one attached hydrogen (secondary N) is 1. The molecule has 0 amide bonds. The van der Waals surface area contributed by atoms with E-state index in [-0.39, 0.29) is 0 Å². The molecule has 0 aliphatic carbocycles. The first-order valence-electron chi connectivity index (χ1n) is 5.29. The average Bonchev–Trinajstić information content (AvgIpc) is 2.29. The molecule has 0 unspecified atom stereocenters. The Bertz CT molecular complexity index is 465. The lowest BCUT2D eigenvalue weighted by molar-refractivity contribution is 1.14. The van der Waals surface area contributed by atoms with Crippen molar-refractivity contribution in [1.29, 1.82) is 0 Å². The Kier molecular flexibility index (Phi) is 3.47. The first-order valence-corrected chi connectivity index (χ1v) is 5.67. The van der Waals surface area contributed by atoms with Gasteiger partial charge in [0.2, 0.25) is 0 Å². The zero-order valence-electron chi connectivity index (χ0n) is 9.20. The van der Waals surface area contributed by atoms with E-state index in [1.807, 2.05) is 36.4 Å². The molecule has 0 bridgehead atoms. The molecule has 0 fully saturated rings. The molecule has 1 N–H and O–H groups in total. The molecule has 2 heteroatoms. The van der Waals surface area contributed by atoms with Crippen LogP contribution in [0.25, 0.3) is 0 Å². The van der Waals surface area contributed by atoms with Crippen molar-refractivity contribution in [3.05, 3.63) is 64.7 Å². The fraction of sp³-hybridized carbons (Fsp3) is 0.143. The zero-order chi connectivity index (χ0) is 11.4. The van der Waals surface area contributed by atoms with E-state index in [1.165, 1.54) is 11.1 Å². The minimum Gasteiger partial charge on any atom is -0.381 e. The second-order valence-electron chi connectivity index (χ2n) is 3.80. The number of hydrogen-bond acceptors (Lipinski definition) is 1. The van der Waals surface area contributed by atoms with Gasteiger partial charge in [-0.1, -0.05) is 41.9 Å². The lowest BCUT2D eigenvalue weighted by Gasteiger charge is -2.09. The van der Waals surface area contributed by atoms with Crippen LogP contribution in [0, 0.1) is 6.92 Å². The van der Waals surface area contributed by atoms with Gasteiger partial charge in [0.25, 0.3) is 0 Å². The summed E-state index contributed by atoms with van der Waals surface area (Å²) in [7, 11) is 0. The summed E-state index contributed by atoms with van der Waals surface area (Å²) in [5, 5.41) is 4.18. The number of anilines is 1. The van der Waals surface area contributed by atoms with Gasteiger partial charge in [0.15, 0.2) is 0 Å². The Hall–Kier alpha value is -1.47. The summed E-state index contributed by atoms with van der Waals surface area (Å²) in [6.07, 6.45) is 0. The highest BCUT2D eigenvalue weighted by molar-refractivity contribution is 6.30. The summed E-state index contributed by atoms with van der Waals surface area (Å²) < 4.78 is 0. The van der Waals surface area contributed by atoms with E-state index in [4.69, 9.17) is 11.6 Å². The molecule has 1 nitrogen and oxygen atoms in total. The largest absolute Gasteiger partial charge is 0.381 e. The van der Waals surface area contributed by atoms with Crippen LogP contribution in [0.4, 0.5) is 5.69 Å². The molecule has 0 aromatic heterocycles. The lowest BCUT2D eigenvalue weighted by Crippen LogP contribution is -2.00. The summed E-state index contributed by atoms with van der Waals surface area (Å²) in [5.74, 6) is 0. The standard InChI is InChI=1S/C14H14ClN/c1-11-9-13(15)7-8-14(11)16-10-12-5-3-2-4-6-12/h2-9,16H,10H2,1H3. The van der Waals surface area contributed by atoms with Crippen LogP contribution in [0.2, 0.25) is 5.02 Å². The van der Waals surface area contributed by atoms with Crippen LogP contribution in [0.3, 0.4) is 0 Å². The minimum atomic E-state index is 0.780. The molecular weight excluding hydrogens is 218 g/mol. The fourth-order valence-corrected chi connectivity index (χ4v) is 1.85. The maximum absolute atomic E-state index is 5.91. The van der Waals surface area contributed by atoms with Crippen LogP contribution >= 0.6 is 11.6 Å². The van der Waals surface area contributed by atoms with Gasteiger partial charge in [-0.05, 0) is 36.2 Å². The molecule has 0 atom stereocenters. The third kappa shape index (κ3) is 2.77. The molecule has 2 aromatic rings. The second-order valence-corrected chi connectivity index (χ2v) is 4.23. The third-order valence-electron chi connectivity index (χ3n) is 2.51. The van der Waals surface area contributed by atoms with Crippen molar-refractivity contribution in [2.45, 2.75) is 13.5 Å². The van der Waals surface area contributed by atoms with Crippen molar-refractivity contribution in [3.8, 4) is 0 Å². The maximum Gasteiger partial charge on any atom is 0.0410 e. The molecule has 0 aliphatic heterocycles. The van der Waals surface area contributed by atoms with Crippen LogP contribution in [0.1, 0.15) is 11.1 Å². The van der Waals surface area contributed by atoms with Crippen LogP contribution < -0.4 is 5.32 Å². The Balaban J connectivity index is 2.05. The summed E-state index contributed by atoms with van der Waals surface area (Å²) >= 11 is 5.91. The van der Waals surface area contributed by atoms with Crippen molar-refractivity contribution in [1.82, 2.24) is 0 Å². The molecule has 0 aliphatic rings. The Labute approximate surface area is 101 Å². The SMILES string of the molecule is Cc1cc(Cl)ccc1NCc1ccccc1. The normalized spacial score (nSPS) is 10.1. The van der Waals surface area contributed by atoms with Gasteiger partial charge < -0.3 is 5.32 Å². The van der Waals surface area contributed by atoms with Crippen LogP contribution in [-0.2, 0) is 6.54 Å². The van der Waals surface area contributed by atoms with E-state index in [1.54, 1.807) is 0 Å². The van der Waals surface area contributed by atoms with Crippen molar-refractivity contribution in [2.75, 3.05) is 5.32 Å². The molecule has 2 aromatic carbocycles. The van der Waals surface area contributed by atoms with Crippen molar-refractivity contribution < 1.29 is 0 Å². The van der Waals surface area contributed by atoms with Crippen molar-refractivity contribution >= 4 is 17.3 Å². The van der Waals surface area contributed by atoms with Gasteiger partial charge in [-0.3, -0.25) is 0 Å². The molecule has 0 saturated heterocycles. The number of aryl methyl sites for hydroxylation is 1. The van der Waals surface area contributed by atoms with Gasteiger partial charge in [0, 0.05) is 17.3 Å². The van der Waals surface area contributed by atoms with E-state index in [0.29, 0.717) is 0 Å². The molecule has 2 rings (SSSR count). The fourth-order valence-electron chi connectivity index (χ4n) is 1.62.